The molecular formula is C18H17N5O6S. The predicted molar refractivity (Wildman–Crippen MR) is 104 cm³/mol. The molecule has 0 aliphatic heterocycles. The molecule has 0 aliphatic rings. The van der Waals surface area contributed by atoms with Crippen molar-refractivity contribution in [3.63, 3.8) is 0 Å². The molecule has 0 radical (unpaired) electrons. The summed E-state index contributed by atoms with van der Waals surface area (Å²) in [7, 11) is -2.00. The molecule has 0 amide bonds. The molecule has 0 bridgehead atoms. The van der Waals surface area contributed by atoms with E-state index < -0.39 is 26.9 Å². The maximum atomic E-state index is 13.1. The third-order valence-electron chi connectivity index (χ3n) is 4.24. The third-order valence-corrected chi connectivity index (χ3v) is 5.65. The summed E-state index contributed by atoms with van der Waals surface area (Å²) in [5, 5.41) is 10.9. The van der Waals surface area contributed by atoms with Gasteiger partial charge in [0.25, 0.3) is 10.0 Å². The lowest BCUT2D eigenvalue weighted by molar-refractivity contribution is 0.0583. The van der Waals surface area contributed by atoms with Crippen LogP contribution in [0.5, 0.6) is 0 Å². The molecule has 0 saturated heterocycles. The van der Waals surface area contributed by atoms with Crippen molar-refractivity contribution in [1.29, 1.82) is 0 Å². The van der Waals surface area contributed by atoms with E-state index in [-0.39, 0.29) is 16.8 Å². The molecule has 3 rings (SSSR count). The van der Waals surface area contributed by atoms with Gasteiger partial charge in [-0.05, 0) is 53.2 Å². The molecule has 156 valence electrons. The standard InChI is InChI=1S/C18H17N5O6S/c1-11-14(5-4-6-15(11)23-10-19-21-22-23)20-30(26,27)16-9-12(17(24)28-2)7-8-13(16)18(25)29-3/h4-10,20H,1-3H3. The quantitative estimate of drug-likeness (QED) is 0.572. The maximum Gasteiger partial charge on any atom is 0.339 e. The number of aromatic nitrogens is 4. The average molecular weight is 431 g/mol. The Morgan fingerprint density at radius 3 is 2.43 bits per heavy atom. The maximum absolute atomic E-state index is 13.1. The van der Waals surface area contributed by atoms with E-state index in [0.29, 0.717) is 11.3 Å². The normalized spacial score (nSPS) is 11.0. The second-order valence-corrected chi connectivity index (χ2v) is 7.65. The van der Waals surface area contributed by atoms with Crippen LogP contribution in [0.3, 0.4) is 0 Å². The van der Waals surface area contributed by atoms with Crippen LogP contribution in [0.1, 0.15) is 26.3 Å². The number of benzene rings is 2. The lowest BCUT2D eigenvalue weighted by Crippen LogP contribution is -2.19. The van der Waals surface area contributed by atoms with Gasteiger partial charge in [0.05, 0.1) is 36.7 Å². The van der Waals surface area contributed by atoms with Crippen LogP contribution in [0.4, 0.5) is 5.69 Å². The third kappa shape index (κ3) is 3.98. The molecule has 1 aromatic heterocycles. The fraction of sp³-hybridized carbons (Fsp3) is 0.167. The van der Waals surface area contributed by atoms with Crippen LogP contribution in [0.15, 0.2) is 47.6 Å². The van der Waals surface area contributed by atoms with Gasteiger partial charge < -0.3 is 9.47 Å². The van der Waals surface area contributed by atoms with Crippen LogP contribution in [0, 0.1) is 6.92 Å². The largest absolute Gasteiger partial charge is 0.465 e. The van der Waals surface area contributed by atoms with E-state index >= 15 is 0 Å². The van der Waals surface area contributed by atoms with Gasteiger partial charge in [0.1, 0.15) is 11.2 Å². The summed E-state index contributed by atoms with van der Waals surface area (Å²) in [6.45, 7) is 1.68. The molecule has 1 heterocycles. The SMILES string of the molecule is COC(=O)c1ccc(C(=O)OC)c(S(=O)(=O)Nc2cccc(-n3cnnn3)c2C)c1. The van der Waals surface area contributed by atoms with E-state index in [4.69, 9.17) is 0 Å². The van der Waals surface area contributed by atoms with Gasteiger partial charge in [-0.2, -0.15) is 0 Å². The van der Waals surface area contributed by atoms with Crippen molar-refractivity contribution in [1.82, 2.24) is 20.2 Å². The number of sulfonamides is 1. The lowest BCUT2D eigenvalue weighted by atomic mass is 10.1. The van der Waals surface area contributed by atoms with Gasteiger partial charge in [-0.1, -0.05) is 6.07 Å². The number of tetrazole rings is 1. The fourth-order valence-electron chi connectivity index (χ4n) is 2.72. The van der Waals surface area contributed by atoms with E-state index in [1.54, 1.807) is 25.1 Å². The summed E-state index contributed by atoms with van der Waals surface area (Å²) >= 11 is 0. The van der Waals surface area contributed by atoms with Gasteiger partial charge in [0, 0.05) is 0 Å². The van der Waals surface area contributed by atoms with E-state index in [9.17, 15) is 18.0 Å². The molecular weight excluding hydrogens is 414 g/mol. The first kappa shape index (κ1) is 20.9. The van der Waals surface area contributed by atoms with Crippen molar-refractivity contribution in [2.45, 2.75) is 11.8 Å². The number of nitrogens with one attached hydrogen (secondary N) is 1. The van der Waals surface area contributed by atoms with Gasteiger partial charge >= 0.3 is 11.9 Å². The van der Waals surface area contributed by atoms with Crippen LogP contribution >= 0.6 is 0 Å². The zero-order chi connectivity index (χ0) is 21.9. The molecule has 0 spiro atoms. The number of hydrogen-bond acceptors (Lipinski definition) is 9. The molecule has 0 unspecified atom stereocenters. The lowest BCUT2D eigenvalue weighted by Gasteiger charge is -2.15. The summed E-state index contributed by atoms with van der Waals surface area (Å²) in [6.07, 6.45) is 1.37. The number of hydrogen-bond donors (Lipinski definition) is 1. The smallest absolute Gasteiger partial charge is 0.339 e. The number of nitrogens with zero attached hydrogens (tertiary/aromatic N) is 4. The zero-order valence-corrected chi connectivity index (χ0v) is 17.0. The van der Waals surface area contributed by atoms with Crippen molar-refractivity contribution < 1.29 is 27.5 Å². The first-order valence-electron chi connectivity index (χ1n) is 8.45. The summed E-state index contributed by atoms with van der Waals surface area (Å²) in [6, 6.07) is 8.40. The van der Waals surface area contributed by atoms with E-state index in [0.717, 1.165) is 20.3 Å². The highest BCUT2D eigenvalue weighted by molar-refractivity contribution is 7.92. The van der Waals surface area contributed by atoms with Gasteiger partial charge in [-0.15, -0.1) is 5.10 Å². The van der Waals surface area contributed by atoms with Crippen LogP contribution in [-0.2, 0) is 19.5 Å². The van der Waals surface area contributed by atoms with E-state index in [1.165, 1.54) is 23.1 Å². The fourth-order valence-corrected chi connectivity index (χ4v) is 4.07. The van der Waals surface area contributed by atoms with Crippen LogP contribution in [-0.4, -0.2) is 54.8 Å². The zero-order valence-electron chi connectivity index (χ0n) is 16.2. The Balaban J connectivity index is 2.09. The Morgan fingerprint density at radius 2 is 1.80 bits per heavy atom. The Morgan fingerprint density at radius 1 is 1.07 bits per heavy atom. The molecule has 11 nitrogen and oxygen atoms in total. The first-order chi connectivity index (χ1) is 14.3. The van der Waals surface area contributed by atoms with E-state index in [2.05, 4.69) is 29.7 Å². The van der Waals surface area contributed by atoms with Crippen molar-refractivity contribution in [2.75, 3.05) is 18.9 Å². The highest BCUT2D eigenvalue weighted by atomic mass is 32.2. The predicted octanol–water partition coefficient (Wildman–Crippen LogP) is 1.34. The Labute approximate surface area is 171 Å². The van der Waals surface area contributed by atoms with Crippen molar-refractivity contribution in [3.8, 4) is 5.69 Å². The Hall–Kier alpha value is -3.80. The molecule has 1 N–H and O–H groups in total. The van der Waals surface area contributed by atoms with Gasteiger partial charge in [0.2, 0.25) is 0 Å². The minimum atomic E-state index is -4.29. The first-order valence-corrected chi connectivity index (χ1v) is 9.93. The van der Waals surface area contributed by atoms with Gasteiger partial charge in [-0.25, -0.2) is 22.7 Å². The molecule has 2 aromatic carbocycles. The van der Waals surface area contributed by atoms with Crippen molar-refractivity contribution in [2.24, 2.45) is 0 Å². The molecule has 0 atom stereocenters. The number of ether oxygens (including phenoxy) is 2. The number of carbonyl (C=O) groups is 2. The summed E-state index contributed by atoms with van der Waals surface area (Å²) in [5.41, 5.74) is 1.06. The number of esters is 2. The molecule has 0 fully saturated rings. The van der Waals surface area contributed by atoms with Crippen LogP contribution < -0.4 is 4.72 Å². The Bertz CT molecular complexity index is 1210. The second kappa shape index (κ2) is 8.29. The average Bonchev–Trinajstić information content (AvgIpc) is 3.28. The highest BCUT2D eigenvalue weighted by Gasteiger charge is 2.26. The molecule has 0 saturated carbocycles. The number of methoxy groups -OCH3 is 2. The monoisotopic (exact) mass is 431 g/mol. The minimum Gasteiger partial charge on any atom is -0.465 e. The van der Waals surface area contributed by atoms with Crippen molar-refractivity contribution >= 4 is 27.6 Å². The van der Waals surface area contributed by atoms with Crippen LogP contribution in [0.2, 0.25) is 0 Å². The summed E-state index contributed by atoms with van der Waals surface area (Å²) in [4.78, 5) is 23.5. The van der Waals surface area contributed by atoms with Gasteiger partial charge in [-0.3, -0.25) is 4.72 Å². The highest BCUT2D eigenvalue weighted by Crippen LogP contribution is 2.27. The Kier molecular flexibility index (Phi) is 5.78. The summed E-state index contributed by atoms with van der Waals surface area (Å²) in [5.74, 6) is -1.62. The van der Waals surface area contributed by atoms with Crippen LogP contribution in [0.25, 0.3) is 5.69 Å². The molecule has 30 heavy (non-hydrogen) atoms. The topological polar surface area (TPSA) is 142 Å². The molecule has 0 aliphatic carbocycles. The minimum absolute atomic E-state index is 0.0373. The number of carbonyl (C=O) groups excluding carboxylic acids is 2. The second-order valence-electron chi connectivity index (χ2n) is 6.00. The van der Waals surface area contributed by atoms with E-state index in [1.807, 2.05) is 0 Å². The number of anilines is 1. The molecule has 12 heteroatoms. The number of rotatable bonds is 6. The van der Waals surface area contributed by atoms with Gasteiger partial charge in [0.15, 0.2) is 0 Å². The van der Waals surface area contributed by atoms with Crippen molar-refractivity contribution in [3.05, 3.63) is 59.4 Å². The summed E-state index contributed by atoms with van der Waals surface area (Å²) < 4.78 is 39.4. The molecule has 3 aromatic rings.